The summed E-state index contributed by atoms with van der Waals surface area (Å²) < 4.78 is 4.34. The molecule has 0 saturated carbocycles. The predicted octanol–water partition coefficient (Wildman–Crippen LogP) is 1.38. The van der Waals surface area contributed by atoms with Gasteiger partial charge in [0.15, 0.2) is 0 Å². The fourth-order valence-electron chi connectivity index (χ4n) is 0.395. The molecule has 0 aromatic heterocycles. The van der Waals surface area contributed by atoms with Crippen molar-refractivity contribution in [3.8, 4) is 0 Å². The monoisotopic (exact) mass is 113 g/mol. The summed E-state index contributed by atoms with van der Waals surface area (Å²) in [5, 5.41) is 0. The van der Waals surface area contributed by atoms with Crippen molar-refractivity contribution in [2.75, 3.05) is 0 Å². The number of rotatable bonds is 3. The molecule has 2 nitrogen and oxygen atoms in total. The lowest BCUT2D eigenvalue weighted by molar-refractivity contribution is 0.362. The summed E-state index contributed by atoms with van der Waals surface area (Å²) in [6.07, 6.45) is 2.69. The molecular formula is C6H9O2. The molecule has 0 aliphatic rings. The molecule has 1 radical (unpaired) electrons. The molecule has 0 N–H and O–H groups in total. The molecule has 0 aromatic rings. The van der Waals surface area contributed by atoms with Crippen molar-refractivity contribution in [3.63, 3.8) is 0 Å². The van der Waals surface area contributed by atoms with Crippen LogP contribution in [-0.4, -0.2) is 6.47 Å². The van der Waals surface area contributed by atoms with Crippen LogP contribution >= 0.6 is 0 Å². The van der Waals surface area contributed by atoms with Crippen molar-refractivity contribution in [1.82, 2.24) is 0 Å². The molecule has 2 heteroatoms. The normalized spacial score (nSPS) is 11.0. The van der Waals surface area contributed by atoms with Crippen LogP contribution in [0.1, 0.15) is 20.3 Å². The quantitative estimate of drug-likeness (QED) is 0.517. The Bertz CT molecular complexity index is 94.7. The molecule has 0 aliphatic carbocycles. The number of hydrogen-bond donors (Lipinski definition) is 0. The molecule has 0 rings (SSSR count). The maximum Gasteiger partial charge on any atom is 0.422 e. The second kappa shape index (κ2) is 4.37. The molecule has 0 aromatic carbocycles. The lowest BCUT2D eigenvalue weighted by atomic mass is 10.4. The summed E-state index contributed by atoms with van der Waals surface area (Å²) in [4.78, 5) is 9.50. The van der Waals surface area contributed by atoms with E-state index in [0.29, 0.717) is 5.76 Å². The van der Waals surface area contributed by atoms with Crippen LogP contribution in [0.3, 0.4) is 0 Å². The molecule has 0 unspecified atom stereocenters. The summed E-state index contributed by atoms with van der Waals surface area (Å²) >= 11 is 0. The van der Waals surface area contributed by atoms with Gasteiger partial charge in [0.25, 0.3) is 0 Å². The van der Waals surface area contributed by atoms with Crippen LogP contribution in [0, 0.1) is 0 Å². The number of carbonyl (C=O) groups excluding carboxylic acids is 1. The highest BCUT2D eigenvalue weighted by Gasteiger charge is 1.83. The maximum absolute atomic E-state index is 9.50. The molecule has 8 heavy (non-hydrogen) atoms. The van der Waals surface area contributed by atoms with Crippen LogP contribution in [-0.2, 0) is 9.53 Å². The van der Waals surface area contributed by atoms with Gasteiger partial charge >= 0.3 is 6.47 Å². The van der Waals surface area contributed by atoms with E-state index in [1.54, 1.807) is 6.92 Å². The second-order valence-electron chi connectivity index (χ2n) is 1.41. The largest absolute Gasteiger partial charge is 0.423 e. The summed E-state index contributed by atoms with van der Waals surface area (Å²) in [5.41, 5.74) is 0. The van der Waals surface area contributed by atoms with Gasteiger partial charge in [-0.3, -0.25) is 0 Å². The van der Waals surface area contributed by atoms with E-state index >= 15 is 0 Å². The Morgan fingerprint density at radius 1 is 1.88 bits per heavy atom. The zero-order chi connectivity index (χ0) is 6.41. The Morgan fingerprint density at radius 2 is 2.50 bits per heavy atom. The van der Waals surface area contributed by atoms with Crippen molar-refractivity contribution in [2.45, 2.75) is 20.3 Å². The van der Waals surface area contributed by atoms with E-state index in [1.165, 1.54) is 6.47 Å². The Morgan fingerprint density at radius 3 is 2.88 bits per heavy atom. The smallest absolute Gasteiger partial charge is 0.422 e. The minimum Gasteiger partial charge on any atom is -0.423 e. The van der Waals surface area contributed by atoms with Crippen LogP contribution < -0.4 is 0 Å². The highest BCUT2D eigenvalue weighted by Crippen LogP contribution is 1.93. The third kappa shape index (κ3) is 3.40. The first kappa shape index (κ1) is 7.21. The van der Waals surface area contributed by atoms with Crippen LogP contribution in [0.15, 0.2) is 11.8 Å². The minimum atomic E-state index is 0.613. The molecule has 0 heterocycles. The Balaban J connectivity index is 3.44. The molecule has 0 saturated heterocycles. The Kier molecular flexibility index (Phi) is 3.94. The number of hydrogen-bond acceptors (Lipinski definition) is 2. The Labute approximate surface area is 49.1 Å². The Hall–Kier alpha value is -0.790. The molecule has 0 aliphatic heterocycles. The van der Waals surface area contributed by atoms with Crippen molar-refractivity contribution in [3.05, 3.63) is 11.8 Å². The van der Waals surface area contributed by atoms with Gasteiger partial charge in [0.2, 0.25) is 0 Å². The molecular weight excluding hydrogens is 104 g/mol. The minimum absolute atomic E-state index is 0.613. The van der Waals surface area contributed by atoms with E-state index in [4.69, 9.17) is 0 Å². The van der Waals surface area contributed by atoms with Gasteiger partial charge in [-0.2, -0.15) is 0 Å². The van der Waals surface area contributed by atoms with Crippen molar-refractivity contribution in [1.29, 1.82) is 0 Å². The highest BCUT2D eigenvalue weighted by molar-refractivity contribution is 5.40. The van der Waals surface area contributed by atoms with E-state index in [0.717, 1.165) is 6.42 Å². The van der Waals surface area contributed by atoms with Gasteiger partial charge in [0.1, 0.15) is 5.76 Å². The van der Waals surface area contributed by atoms with Crippen molar-refractivity contribution in [2.24, 2.45) is 0 Å². The SMILES string of the molecule is CCC=C(C)O[C]=O. The maximum atomic E-state index is 9.50. The van der Waals surface area contributed by atoms with E-state index < -0.39 is 0 Å². The van der Waals surface area contributed by atoms with Crippen LogP contribution in [0.5, 0.6) is 0 Å². The third-order valence-electron chi connectivity index (χ3n) is 0.694. The van der Waals surface area contributed by atoms with Crippen molar-refractivity contribution < 1.29 is 9.53 Å². The van der Waals surface area contributed by atoms with Crippen LogP contribution in [0.25, 0.3) is 0 Å². The van der Waals surface area contributed by atoms with E-state index in [1.807, 2.05) is 13.0 Å². The predicted molar refractivity (Wildman–Crippen MR) is 30.8 cm³/mol. The van der Waals surface area contributed by atoms with Gasteiger partial charge in [0.05, 0.1) is 0 Å². The topological polar surface area (TPSA) is 26.3 Å². The lowest BCUT2D eigenvalue weighted by Gasteiger charge is -1.90. The van der Waals surface area contributed by atoms with E-state index in [9.17, 15) is 4.79 Å². The zero-order valence-corrected chi connectivity index (χ0v) is 5.10. The molecule has 0 bridgehead atoms. The highest BCUT2D eigenvalue weighted by atomic mass is 16.5. The van der Waals surface area contributed by atoms with Gasteiger partial charge in [-0.25, -0.2) is 4.79 Å². The first-order chi connectivity index (χ1) is 3.81. The van der Waals surface area contributed by atoms with E-state index in [-0.39, 0.29) is 0 Å². The molecule has 0 spiro atoms. The average molecular weight is 113 g/mol. The van der Waals surface area contributed by atoms with Gasteiger partial charge in [-0.1, -0.05) is 6.92 Å². The first-order valence-corrected chi connectivity index (χ1v) is 2.52. The molecule has 0 amide bonds. The fraction of sp³-hybridized carbons (Fsp3) is 0.500. The van der Waals surface area contributed by atoms with Crippen LogP contribution in [0.4, 0.5) is 0 Å². The van der Waals surface area contributed by atoms with Crippen molar-refractivity contribution >= 4 is 6.47 Å². The standard InChI is InChI=1S/C6H9O2/c1-3-4-6(2)8-5-7/h4H,3H2,1-2H3. The lowest BCUT2D eigenvalue weighted by Crippen LogP contribution is -1.81. The van der Waals surface area contributed by atoms with Gasteiger partial charge < -0.3 is 4.74 Å². The zero-order valence-electron chi connectivity index (χ0n) is 5.10. The summed E-state index contributed by atoms with van der Waals surface area (Å²) in [5.74, 6) is 0.613. The molecule has 45 valence electrons. The molecule has 0 fully saturated rings. The summed E-state index contributed by atoms with van der Waals surface area (Å²) in [7, 11) is 0. The van der Waals surface area contributed by atoms with Gasteiger partial charge in [-0.05, 0) is 19.4 Å². The summed E-state index contributed by atoms with van der Waals surface area (Å²) in [6.45, 7) is 5.02. The number of ether oxygens (including phenoxy) is 1. The molecule has 0 atom stereocenters. The summed E-state index contributed by atoms with van der Waals surface area (Å²) in [6, 6.07) is 0. The number of allylic oxidation sites excluding steroid dienone is 2. The fourth-order valence-corrected chi connectivity index (χ4v) is 0.395. The third-order valence-corrected chi connectivity index (χ3v) is 0.694. The van der Waals surface area contributed by atoms with Gasteiger partial charge in [0, 0.05) is 0 Å². The first-order valence-electron chi connectivity index (χ1n) is 2.52. The van der Waals surface area contributed by atoms with Gasteiger partial charge in [-0.15, -0.1) is 0 Å². The average Bonchev–Trinajstić information content (AvgIpc) is 1.68. The van der Waals surface area contributed by atoms with Crippen LogP contribution in [0.2, 0.25) is 0 Å². The van der Waals surface area contributed by atoms with E-state index in [2.05, 4.69) is 4.74 Å². The second-order valence-corrected chi connectivity index (χ2v) is 1.41.